The van der Waals surface area contributed by atoms with Gasteiger partial charge in [-0.05, 0) is 25.3 Å². The third-order valence-electron chi connectivity index (χ3n) is 5.20. The Bertz CT molecular complexity index is 805. The number of aromatic nitrogens is 3. The largest absolute Gasteiger partial charge is 0.309 e. The van der Waals surface area contributed by atoms with Gasteiger partial charge in [-0.2, -0.15) is 5.10 Å². The van der Waals surface area contributed by atoms with Gasteiger partial charge in [0, 0.05) is 37.6 Å². The summed E-state index contributed by atoms with van der Waals surface area (Å²) in [5, 5.41) is 12.1. The van der Waals surface area contributed by atoms with Gasteiger partial charge in [-0.15, -0.1) is 11.3 Å². The zero-order chi connectivity index (χ0) is 18.8. The van der Waals surface area contributed by atoms with E-state index in [1.54, 1.807) is 17.3 Å². The summed E-state index contributed by atoms with van der Waals surface area (Å²) in [6.45, 7) is 5.69. The fraction of sp³-hybridized carbons (Fsp3) is 0.556. The van der Waals surface area contributed by atoms with Crippen LogP contribution in [0.3, 0.4) is 0 Å². The van der Waals surface area contributed by atoms with Gasteiger partial charge < -0.3 is 10.2 Å². The Balaban J connectivity index is 1.32. The molecule has 2 amide bonds. The van der Waals surface area contributed by atoms with E-state index in [1.807, 2.05) is 5.38 Å². The van der Waals surface area contributed by atoms with E-state index in [4.69, 9.17) is 0 Å². The topological polar surface area (TPSA) is 94.2 Å². The van der Waals surface area contributed by atoms with E-state index in [0.717, 1.165) is 31.2 Å². The summed E-state index contributed by atoms with van der Waals surface area (Å²) in [5.41, 5.74) is 1.69. The first-order valence-corrected chi connectivity index (χ1v) is 10.2. The van der Waals surface area contributed by atoms with E-state index in [2.05, 4.69) is 32.3 Å². The first-order chi connectivity index (χ1) is 13.1. The zero-order valence-electron chi connectivity index (χ0n) is 15.4. The van der Waals surface area contributed by atoms with Crippen LogP contribution < -0.4 is 10.2 Å². The predicted octanol–water partition coefficient (Wildman–Crippen LogP) is 2.09. The number of hydrogen-bond donors (Lipinski definition) is 2. The van der Waals surface area contributed by atoms with Crippen LogP contribution in [0, 0.1) is 11.8 Å². The standard InChI is InChI=1S/C18H24N6O2S/c1-12-3-2-4-23(8-12)10-14-11-27-18(21-14)22-17(26)13-5-16(25)24(9-13)15-6-19-20-7-15/h6-7,11-13H,2-5,8-10H2,1H3,(H,19,20)(H,21,22,26)/t12-,13+/m0/s1. The van der Waals surface area contributed by atoms with Gasteiger partial charge in [0.2, 0.25) is 11.8 Å². The van der Waals surface area contributed by atoms with E-state index in [1.165, 1.54) is 24.2 Å². The highest BCUT2D eigenvalue weighted by Gasteiger charge is 2.35. The molecule has 0 aliphatic carbocycles. The number of hydrogen-bond acceptors (Lipinski definition) is 6. The molecular formula is C18H24N6O2S. The number of carbonyl (C=O) groups excluding carboxylic acids is 2. The van der Waals surface area contributed by atoms with E-state index in [-0.39, 0.29) is 24.2 Å². The summed E-state index contributed by atoms with van der Waals surface area (Å²) in [5.74, 6) is 0.148. The van der Waals surface area contributed by atoms with Crippen molar-refractivity contribution in [3.8, 4) is 0 Å². The highest BCUT2D eigenvalue weighted by molar-refractivity contribution is 7.13. The normalized spacial score (nSPS) is 23.7. The van der Waals surface area contributed by atoms with E-state index < -0.39 is 0 Å². The minimum atomic E-state index is -0.373. The molecule has 0 saturated carbocycles. The number of thiazole rings is 1. The highest BCUT2D eigenvalue weighted by atomic mass is 32.1. The number of H-pyrrole nitrogens is 1. The maximum absolute atomic E-state index is 12.6. The minimum absolute atomic E-state index is 0.0596. The third-order valence-corrected chi connectivity index (χ3v) is 6.01. The number of piperidine rings is 1. The highest BCUT2D eigenvalue weighted by Crippen LogP contribution is 2.26. The molecule has 0 radical (unpaired) electrons. The lowest BCUT2D eigenvalue weighted by Crippen LogP contribution is -2.33. The summed E-state index contributed by atoms with van der Waals surface area (Å²) in [6.07, 6.45) is 5.99. The first-order valence-electron chi connectivity index (χ1n) is 9.35. The van der Waals surface area contributed by atoms with Gasteiger partial charge in [0.05, 0.1) is 23.5 Å². The van der Waals surface area contributed by atoms with Gasteiger partial charge in [0.15, 0.2) is 5.13 Å². The third kappa shape index (κ3) is 4.19. The zero-order valence-corrected chi connectivity index (χ0v) is 16.2. The smallest absolute Gasteiger partial charge is 0.231 e. The van der Waals surface area contributed by atoms with Gasteiger partial charge in [-0.25, -0.2) is 4.98 Å². The number of likely N-dealkylation sites (tertiary alicyclic amines) is 1. The second kappa shape index (κ2) is 7.77. The van der Waals surface area contributed by atoms with Crippen LogP contribution >= 0.6 is 11.3 Å². The second-order valence-electron chi connectivity index (χ2n) is 7.48. The second-order valence-corrected chi connectivity index (χ2v) is 8.34. The Morgan fingerprint density at radius 3 is 3.11 bits per heavy atom. The molecule has 0 aromatic carbocycles. The maximum Gasteiger partial charge on any atom is 0.231 e. The number of anilines is 2. The van der Waals surface area contributed by atoms with Gasteiger partial charge in [0.25, 0.3) is 0 Å². The Labute approximate surface area is 162 Å². The van der Waals surface area contributed by atoms with Gasteiger partial charge >= 0.3 is 0 Å². The van der Waals surface area contributed by atoms with Crippen LogP contribution in [0.2, 0.25) is 0 Å². The van der Waals surface area contributed by atoms with E-state index >= 15 is 0 Å². The lowest BCUT2D eigenvalue weighted by atomic mass is 10.0. The van der Waals surface area contributed by atoms with Gasteiger partial charge in [-0.1, -0.05) is 6.92 Å². The molecule has 4 rings (SSSR count). The summed E-state index contributed by atoms with van der Waals surface area (Å²) in [7, 11) is 0. The predicted molar refractivity (Wildman–Crippen MR) is 103 cm³/mol. The van der Waals surface area contributed by atoms with Crippen molar-refractivity contribution in [2.24, 2.45) is 11.8 Å². The van der Waals surface area contributed by atoms with Crippen molar-refractivity contribution >= 4 is 34.0 Å². The SMILES string of the molecule is C[C@H]1CCCN(Cc2csc(NC(=O)[C@@H]3CC(=O)N(c4cn[nH]c4)C3)n2)C1. The van der Waals surface area contributed by atoms with Gasteiger partial charge in [0.1, 0.15) is 0 Å². The minimum Gasteiger partial charge on any atom is -0.309 e. The molecule has 9 heteroatoms. The number of amides is 2. The summed E-state index contributed by atoms with van der Waals surface area (Å²) in [4.78, 5) is 33.3. The van der Waals surface area contributed by atoms with Crippen molar-refractivity contribution in [2.45, 2.75) is 32.7 Å². The average Bonchev–Trinajstić information content (AvgIpc) is 3.36. The quantitative estimate of drug-likeness (QED) is 0.818. The average molecular weight is 388 g/mol. The van der Waals surface area contributed by atoms with Crippen LogP contribution in [0.25, 0.3) is 0 Å². The van der Waals surface area contributed by atoms with Crippen LogP contribution in [0.1, 0.15) is 31.9 Å². The van der Waals surface area contributed by atoms with Crippen molar-refractivity contribution in [1.82, 2.24) is 20.1 Å². The van der Waals surface area contributed by atoms with Crippen LogP contribution in [0.15, 0.2) is 17.8 Å². The van der Waals surface area contributed by atoms with Crippen LogP contribution in [0.4, 0.5) is 10.8 Å². The molecule has 4 heterocycles. The van der Waals surface area contributed by atoms with E-state index in [9.17, 15) is 9.59 Å². The molecule has 2 fully saturated rings. The molecule has 2 aliphatic rings. The summed E-state index contributed by atoms with van der Waals surface area (Å²) in [6, 6.07) is 0. The fourth-order valence-electron chi connectivity index (χ4n) is 3.83. The lowest BCUT2D eigenvalue weighted by molar-refractivity contribution is -0.122. The Morgan fingerprint density at radius 1 is 1.44 bits per heavy atom. The molecule has 8 nitrogen and oxygen atoms in total. The first kappa shape index (κ1) is 18.1. The van der Waals surface area contributed by atoms with Crippen molar-refractivity contribution in [3.05, 3.63) is 23.5 Å². The molecule has 144 valence electrons. The Kier molecular flexibility index (Phi) is 5.22. The molecule has 27 heavy (non-hydrogen) atoms. The Morgan fingerprint density at radius 2 is 2.33 bits per heavy atom. The number of rotatable bonds is 5. The molecule has 2 aromatic rings. The monoisotopic (exact) mass is 388 g/mol. The Hall–Kier alpha value is -2.26. The van der Waals surface area contributed by atoms with Crippen LogP contribution in [-0.4, -0.2) is 51.5 Å². The summed E-state index contributed by atoms with van der Waals surface area (Å²) >= 11 is 1.44. The number of carbonyl (C=O) groups is 2. The molecule has 0 bridgehead atoms. The molecule has 0 spiro atoms. The fourth-order valence-corrected chi connectivity index (χ4v) is 4.53. The van der Waals surface area contributed by atoms with E-state index in [0.29, 0.717) is 17.4 Å². The van der Waals surface area contributed by atoms with Crippen LogP contribution in [0.5, 0.6) is 0 Å². The van der Waals surface area contributed by atoms with Gasteiger partial charge in [-0.3, -0.25) is 19.6 Å². The molecule has 2 aliphatic heterocycles. The number of nitrogens with zero attached hydrogens (tertiary/aromatic N) is 4. The maximum atomic E-state index is 12.6. The molecule has 0 unspecified atom stereocenters. The molecule has 2 saturated heterocycles. The van der Waals surface area contributed by atoms with Crippen molar-refractivity contribution in [2.75, 3.05) is 29.9 Å². The van der Waals surface area contributed by atoms with Crippen molar-refractivity contribution in [3.63, 3.8) is 0 Å². The number of aromatic amines is 1. The van der Waals surface area contributed by atoms with Crippen LogP contribution in [-0.2, 0) is 16.1 Å². The molecule has 2 N–H and O–H groups in total. The summed E-state index contributed by atoms with van der Waals surface area (Å²) < 4.78 is 0. The molecule has 2 atom stereocenters. The number of nitrogens with one attached hydrogen (secondary N) is 2. The van der Waals surface area contributed by atoms with Crippen molar-refractivity contribution in [1.29, 1.82) is 0 Å². The lowest BCUT2D eigenvalue weighted by Gasteiger charge is -2.30. The van der Waals surface area contributed by atoms with Crippen molar-refractivity contribution < 1.29 is 9.59 Å². The molecule has 2 aromatic heterocycles. The molecular weight excluding hydrogens is 364 g/mol.